The van der Waals surface area contributed by atoms with Crippen molar-refractivity contribution in [2.24, 2.45) is 5.10 Å². The summed E-state index contributed by atoms with van der Waals surface area (Å²) in [6, 6.07) is 17.8. The number of fused-ring (bicyclic) bond motifs is 1. The van der Waals surface area contributed by atoms with Crippen LogP contribution in [0.4, 0.5) is 0 Å². The molecule has 0 N–H and O–H groups in total. The van der Waals surface area contributed by atoms with Gasteiger partial charge in [-0.05, 0) is 50.2 Å². The predicted octanol–water partition coefficient (Wildman–Crippen LogP) is 5.57. The number of aryl methyl sites for hydroxylation is 1. The Hall–Kier alpha value is -2.99. The molecular weight excluding hydrogens is 440 g/mol. The molecule has 5 nitrogen and oxygen atoms in total. The van der Waals surface area contributed by atoms with E-state index in [-0.39, 0.29) is 11.5 Å². The Morgan fingerprint density at radius 2 is 1.80 bits per heavy atom. The zero-order chi connectivity index (χ0) is 21.4. The van der Waals surface area contributed by atoms with Crippen LogP contribution in [-0.2, 0) is 0 Å². The minimum absolute atomic E-state index is 0.0552. The van der Waals surface area contributed by atoms with Gasteiger partial charge in [0.15, 0.2) is 0 Å². The highest BCUT2D eigenvalue weighted by Crippen LogP contribution is 2.21. The highest BCUT2D eigenvalue weighted by molar-refractivity contribution is 9.10. The molecule has 2 heterocycles. The van der Waals surface area contributed by atoms with Crippen molar-refractivity contribution >= 4 is 33.0 Å². The van der Waals surface area contributed by atoms with Gasteiger partial charge >= 0.3 is 0 Å². The minimum Gasteiger partial charge on any atom is -0.318 e. The van der Waals surface area contributed by atoms with Crippen molar-refractivity contribution in [1.29, 1.82) is 0 Å². The Labute approximate surface area is 183 Å². The zero-order valence-corrected chi connectivity index (χ0v) is 19.0. The van der Waals surface area contributed by atoms with Crippen molar-refractivity contribution in [1.82, 2.24) is 14.2 Å². The van der Waals surface area contributed by atoms with Crippen LogP contribution in [0.25, 0.3) is 16.6 Å². The Morgan fingerprint density at radius 1 is 1.07 bits per heavy atom. The first-order valence-corrected chi connectivity index (χ1v) is 10.7. The van der Waals surface area contributed by atoms with Crippen LogP contribution in [0.3, 0.4) is 0 Å². The highest BCUT2D eigenvalue weighted by atomic mass is 79.9. The monoisotopic (exact) mass is 462 g/mol. The van der Waals surface area contributed by atoms with Crippen molar-refractivity contribution in [2.75, 3.05) is 0 Å². The average Bonchev–Trinajstić information content (AvgIpc) is 3.01. The maximum Gasteiger partial charge on any atom is 0.282 e. The maximum absolute atomic E-state index is 13.2. The first-order chi connectivity index (χ1) is 14.4. The SMILES string of the molecule is Cc1cc(C=Nn2c(C(C)C)nc3ccc(Br)cc3c2=O)c(C)n1-c1ccccc1. The van der Waals surface area contributed by atoms with E-state index in [0.29, 0.717) is 16.7 Å². The van der Waals surface area contributed by atoms with E-state index in [2.05, 4.69) is 57.6 Å². The second-order valence-electron chi connectivity index (χ2n) is 7.65. The number of halogens is 1. The fraction of sp³-hybridized carbons (Fsp3) is 0.208. The third kappa shape index (κ3) is 3.63. The molecule has 152 valence electrons. The molecule has 0 atom stereocenters. The van der Waals surface area contributed by atoms with Crippen molar-refractivity contribution in [3.63, 3.8) is 0 Å². The van der Waals surface area contributed by atoms with Gasteiger partial charge in [-0.3, -0.25) is 4.79 Å². The summed E-state index contributed by atoms with van der Waals surface area (Å²) in [6.45, 7) is 8.15. The number of aromatic nitrogens is 3. The first-order valence-electron chi connectivity index (χ1n) is 9.87. The minimum atomic E-state index is -0.168. The van der Waals surface area contributed by atoms with Gasteiger partial charge in [0.1, 0.15) is 5.82 Å². The van der Waals surface area contributed by atoms with Gasteiger partial charge in [0, 0.05) is 33.0 Å². The maximum atomic E-state index is 13.2. The molecule has 30 heavy (non-hydrogen) atoms. The van der Waals surface area contributed by atoms with Gasteiger partial charge in [0.2, 0.25) is 0 Å². The van der Waals surface area contributed by atoms with Gasteiger partial charge in [-0.1, -0.05) is 48.0 Å². The highest BCUT2D eigenvalue weighted by Gasteiger charge is 2.14. The van der Waals surface area contributed by atoms with Crippen LogP contribution in [0.5, 0.6) is 0 Å². The van der Waals surface area contributed by atoms with Crippen molar-refractivity contribution in [3.05, 3.63) is 92.2 Å². The van der Waals surface area contributed by atoms with Crippen LogP contribution < -0.4 is 5.56 Å². The topological polar surface area (TPSA) is 52.2 Å². The number of benzene rings is 2. The van der Waals surface area contributed by atoms with Crippen LogP contribution in [0.15, 0.2) is 69.0 Å². The largest absolute Gasteiger partial charge is 0.318 e. The van der Waals surface area contributed by atoms with Gasteiger partial charge in [-0.2, -0.15) is 9.78 Å². The molecule has 0 saturated heterocycles. The van der Waals surface area contributed by atoms with Crippen molar-refractivity contribution < 1.29 is 0 Å². The van der Waals surface area contributed by atoms with Gasteiger partial charge in [0.05, 0.1) is 17.1 Å². The molecule has 0 radical (unpaired) electrons. The average molecular weight is 463 g/mol. The van der Waals surface area contributed by atoms with Crippen molar-refractivity contribution in [2.45, 2.75) is 33.6 Å². The third-order valence-electron chi connectivity index (χ3n) is 5.15. The van der Waals surface area contributed by atoms with Gasteiger partial charge in [0.25, 0.3) is 5.56 Å². The number of hydrogen-bond acceptors (Lipinski definition) is 3. The predicted molar refractivity (Wildman–Crippen MR) is 126 cm³/mol. The van der Waals surface area contributed by atoms with E-state index in [9.17, 15) is 4.79 Å². The molecule has 0 unspecified atom stereocenters. The summed E-state index contributed by atoms with van der Waals surface area (Å²) in [4.78, 5) is 17.9. The number of nitrogens with zero attached hydrogens (tertiary/aromatic N) is 4. The fourth-order valence-electron chi connectivity index (χ4n) is 3.66. The lowest BCUT2D eigenvalue weighted by atomic mass is 10.2. The molecule has 0 aliphatic carbocycles. The van der Waals surface area contributed by atoms with Gasteiger partial charge in [-0.25, -0.2) is 4.98 Å². The number of para-hydroxylation sites is 1. The normalized spacial score (nSPS) is 11.8. The molecule has 0 amide bonds. The van der Waals surface area contributed by atoms with Crippen LogP contribution in [0, 0.1) is 13.8 Å². The Kier molecular flexibility index (Phi) is 5.43. The molecule has 2 aromatic carbocycles. The fourth-order valence-corrected chi connectivity index (χ4v) is 4.02. The van der Waals surface area contributed by atoms with E-state index in [1.165, 1.54) is 4.68 Å². The van der Waals surface area contributed by atoms with E-state index < -0.39 is 0 Å². The van der Waals surface area contributed by atoms with E-state index in [1.807, 2.05) is 44.2 Å². The number of rotatable bonds is 4. The summed E-state index contributed by atoms with van der Waals surface area (Å²) in [5.74, 6) is 0.697. The molecule has 6 heteroatoms. The smallest absolute Gasteiger partial charge is 0.282 e. The summed E-state index contributed by atoms with van der Waals surface area (Å²) >= 11 is 3.44. The molecule has 0 saturated carbocycles. The first kappa shape index (κ1) is 20.3. The molecule has 0 aliphatic rings. The Bertz CT molecular complexity index is 1320. The van der Waals surface area contributed by atoms with Crippen LogP contribution in [0.2, 0.25) is 0 Å². The van der Waals surface area contributed by atoms with Crippen molar-refractivity contribution in [3.8, 4) is 5.69 Å². The van der Waals surface area contributed by atoms with Gasteiger partial charge < -0.3 is 4.57 Å². The molecule has 4 aromatic rings. The Balaban J connectivity index is 1.84. The van der Waals surface area contributed by atoms with Gasteiger partial charge in [-0.15, -0.1) is 0 Å². The van der Waals surface area contributed by atoms with E-state index in [0.717, 1.165) is 27.1 Å². The summed E-state index contributed by atoms with van der Waals surface area (Å²) in [7, 11) is 0. The summed E-state index contributed by atoms with van der Waals surface area (Å²) in [6.07, 6.45) is 1.75. The molecular formula is C24H23BrN4O. The molecule has 2 aromatic heterocycles. The molecule has 0 fully saturated rings. The van der Waals surface area contributed by atoms with Crippen LogP contribution in [-0.4, -0.2) is 20.4 Å². The lowest BCUT2D eigenvalue weighted by molar-refractivity contribution is 0.665. The Morgan fingerprint density at radius 3 is 2.50 bits per heavy atom. The van der Waals surface area contributed by atoms with E-state index >= 15 is 0 Å². The molecule has 0 bridgehead atoms. The van der Waals surface area contributed by atoms with E-state index in [1.54, 1.807) is 12.3 Å². The van der Waals surface area contributed by atoms with Crippen LogP contribution >= 0.6 is 15.9 Å². The summed E-state index contributed by atoms with van der Waals surface area (Å²) in [5, 5.41) is 5.12. The lowest BCUT2D eigenvalue weighted by Gasteiger charge is -2.12. The zero-order valence-electron chi connectivity index (χ0n) is 17.4. The lowest BCUT2D eigenvalue weighted by Crippen LogP contribution is -2.23. The number of hydrogen-bond donors (Lipinski definition) is 0. The standard InChI is InChI=1S/C24H23BrN4O/c1-15(2)23-27-22-11-10-19(25)13-21(22)24(30)29(23)26-14-18-12-16(3)28(17(18)4)20-8-6-5-7-9-20/h5-15H,1-4H3. The molecule has 4 rings (SSSR count). The molecule has 0 spiro atoms. The summed E-state index contributed by atoms with van der Waals surface area (Å²) < 4.78 is 4.45. The third-order valence-corrected chi connectivity index (χ3v) is 5.64. The second-order valence-corrected chi connectivity index (χ2v) is 8.56. The van der Waals surface area contributed by atoms with Crippen LogP contribution in [0.1, 0.15) is 42.5 Å². The second kappa shape index (κ2) is 8.03. The van der Waals surface area contributed by atoms with E-state index in [4.69, 9.17) is 4.98 Å². The summed E-state index contributed by atoms with van der Waals surface area (Å²) in [5.41, 5.74) is 4.76. The quantitative estimate of drug-likeness (QED) is 0.372. The molecule has 0 aliphatic heterocycles.